The van der Waals surface area contributed by atoms with Gasteiger partial charge in [0.15, 0.2) is 0 Å². The second kappa shape index (κ2) is 8.65. The molecule has 6 heteroatoms. The fourth-order valence-corrected chi connectivity index (χ4v) is 2.94. The smallest absolute Gasteiger partial charge is 0.258 e. The highest BCUT2D eigenvalue weighted by Crippen LogP contribution is 2.17. The number of hydrogen-bond acceptors (Lipinski definition) is 3. The summed E-state index contributed by atoms with van der Waals surface area (Å²) in [5.74, 6) is -0.303. The molecule has 0 saturated heterocycles. The zero-order chi connectivity index (χ0) is 19.3. The van der Waals surface area contributed by atoms with Gasteiger partial charge >= 0.3 is 0 Å². The Morgan fingerprint density at radius 2 is 1.85 bits per heavy atom. The average Bonchev–Trinajstić information content (AvgIpc) is 2.86. The van der Waals surface area contributed by atoms with Gasteiger partial charge in [0.25, 0.3) is 5.91 Å². The summed E-state index contributed by atoms with van der Waals surface area (Å²) in [6, 6.07) is 10.1. The molecule has 1 N–H and O–H groups in total. The molecule has 0 aliphatic heterocycles. The molecule has 0 radical (unpaired) electrons. The minimum absolute atomic E-state index is 0.0494. The van der Waals surface area contributed by atoms with Crippen LogP contribution in [0.25, 0.3) is 0 Å². The van der Waals surface area contributed by atoms with Crippen LogP contribution in [0.2, 0.25) is 0 Å². The highest BCUT2D eigenvalue weighted by molar-refractivity contribution is 5.98. The second-order valence-corrected chi connectivity index (χ2v) is 6.73. The normalized spacial score (nSPS) is 10.8. The van der Waals surface area contributed by atoms with Crippen LogP contribution in [0.4, 0.5) is 0 Å². The van der Waals surface area contributed by atoms with E-state index in [0.29, 0.717) is 24.3 Å². The van der Waals surface area contributed by atoms with Crippen molar-refractivity contribution in [1.29, 1.82) is 0 Å². The lowest BCUT2D eigenvalue weighted by Gasteiger charge is -2.21. The number of nitrogens with one attached hydrogen (secondary N) is 1. The molecule has 26 heavy (non-hydrogen) atoms. The van der Waals surface area contributed by atoms with E-state index in [-0.39, 0.29) is 24.4 Å². The number of carbonyl (C=O) groups excluding carboxylic acids is 2. The Labute approximate surface area is 155 Å². The van der Waals surface area contributed by atoms with Gasteiger partial charge in [-0.2, -0.15) is 5.10 Å². The van der Waals surface area contributed by atoms with Crippen molar-refractivity contribution in [2.75, 3.05) is 13.1 Å². The molecule has 1 heterocycles. The van der Waals surface area contributed by atoms with Crippen LogP contribution in [-0.2, 0) is 11.3 Å². The summed E-state index contributed by atoms with van der Waals surface area (Å²) in [6.45, 7) is 10.5. The lowest BCUT2D eigenvalue weighted by atomic mass is 10.1. The Balaban J connectivity index is 2.21. The van der Waals surface area contributed by atoms with Crippen molar-refractivity contribution in [2.45, 2.75) is 47.2 Å². The van der Waals surface area contributed by atoms with Gasteiger partial charge in [-0.05, 0) is 40.2 Å². The van der Waals surface area contributed by atoms with Crippen LogP contribution in [0.5, 0.6) is 0 Å². The van der Waals surface area contributed by atoms with E-state index < -0.39 is 0 Å². The van der Waals surface area contributed by atoms with Gasteiger partial charge in [0.2, 0.25) is 5.91 Å². The van der Waals surface area contributed by atoms with Crippen molar-refractivity contribution >= 4 is 11.8 Å². The lowest BCUT2D eigenvalue weighted by molar-refractivity contribution is -0.122. The average molecular weight is 356 g/mol. The Morgan fingerprint density at radius 1 is 1.19 bits per heavy atom. The van der Waals surface area contributed by atoms with Crippen LogP contribution in [0.15, 0.2) is 30.3 Å². The standard InChI is InChI=1S/C20H28N4O2/c1-6-23(13-18(25)21-14(2)3)20(26)19-15(4)22-24(16(19)5)12-17-10-8-7-9-11-17/h7-11,14H,6,12-13H2,1-5H3,(H,21,25). The van der Waals surface area contributed by atoms with Gasteiger partial charge < -0.3 is 10.2 Å². The number of aromatic nitrogens is 2. The SMILES string of the molecule is CCN(CC(=O)NC(C)C)C(=O)c1c(C)nn(Cc2ccccc2)c1C. The van der Waals surface area contributed by atoms with E-state index in [1.807, 2.05) is 69.6 Å². The molecule has 6 nitrogen and oxygen atoms in total. The van der Waals surface area contributed by atoms with E-state index in [1.165, 1.54) is 0 Å². The van der Waals surface area contributed by atoms with Crippen molar-refractivity contribution < 1.29 is 9.59 Å². The monoisotopic (exact) mass is 356 g/mol. The molecule has 2 rings (SSSR count). The molecule has 2 amide bonds. The predicted octanol–water partition coefficient (Wildman–Crippen LogP) is 2.53. The van der Waals surface area contributed by atoms with Crippen molar-refractivity contribution in [2.24, 2.45) is 0 Å². The molecule has 0 saturated carbocycles. The molecule has 0 fully saturated rings. The molecule has 0 aliphatic carbocycles. The van der Waals surface area contributed by atoms with Crippen molar-refractivity contribution in [3.05, 3.63) is 52.8 Å². The number of carbonyl (C=O) groups is 2. The molecule has 0 atom stereocenters. The van der Waals surface area contributed by atoms with Gasteiger partial charge in [0.1, 0.15) is 0 Å². The van der Waals surface area contributed by atoms with E-state index in [0.717, 1.165) is 11.3 Å². The lowest BCUT2D eigenvalue weighted by Crippen LogP contribution is -2.42. The van der Waals surface area contributed by atoms with E-state index in [2.05, 4.69) is 10.4 Å². The third-order valence-corrected chi connectivity index (χ3v) is 4.22. The summed E-state index contributed by atoms with van der Waals surface area (Å²) in [7, 11) is 0. The fraction of sp³-hybridized carbons (Fsp3) is 0.450. The first-order valence-corrected chi connectivity index (χ1v) is 9.00. The summed E-state index contributed by atoms with van der Waals surface area (Å²) < 4.78 is 1.85. The molecular formula is C20H28N4O2. The third kappa shape index (κ3) is 4.71. The van der Waals surface area contributed by atoms with Gasteiger partial charge in [-0.1, -0.05) is 30.3 Å². The Kier molecular flexibility index (Phi) is 6.55. The summed E-state index contributed by atoms with van der Waals surface area (Å²) >= 11 is 0. The minimum Gasteiger partial charge on any atom is -0.352 e. The number of hydrogen-bond donors (Lipinski definition) is 1. The maximum atomic E-state index is 13.0. The topological polar surface area (TPSA) is 67.2 Å². The van der Waals surface area contributed by atoms with E-state index in [1.54, 1.807) is 4.90 Å². The van der Waals surface area contributed by atoms with Crippen LogP contribution in [0.1, 0.15) is 48.1 Å². The summed E-state index contributed by atoms with van der Waals surface area (Å²) in [5.41, 5.74) is 3.21. The third-order valence-electron chi connectivity index (χ3n) is 4.22. The second-order valence-electron chi connectivity index (χ2n) is 6.73. The summed E-state index contributed by atoms with van der Waals surface area (Å²) in [5, 5.41) is 7.37. The van der Waals surface area contributed by atoms with E-state index in [9.17, 15) is 9.59 Å². The quantitative estimate of drug-likeness (QED) is 0.829. The van der Waals surface area contributed by atoms with Crippen molar-refractivity contribution in [3.8, 4) is 0 Å². The van der Waals surface area contributed by atoms with Crippen molar-refractivity contribution in [3.63, 3.8) is 0 Å². The molecule has 0 bridgehead atoms. The minimum atomic E-state index is -0.152. The molecule has 2 aromatic rings. The number of aryl methyl sites for hydroxylation is 1. The largest absolute Gasteiger partial charge is 0.352 e. The van der Waals surface area contributed by atoms with Gasteiger partial charge in [0.05, 0.1) is 24.3 Å². The van der Waals surface area contributed by atoms with E-state index in [4.69, 9.17) is 0 Å². The van der Waals surface area contributed by atoms with E-state index >= 15 is 0 Å². The molecule has 0 spiro atoms. The van der Waals surface area contributed by atoms with Gasteiger partial charge in [-0.3, -0.25) is 14.3 Å². The zero-order valence-corrected chi connectivity index (χ0v) is 16.2. The number of amides is 2. The maximum absolute atomic E-state index is 13.0. The van der Waals surface area contributed by atoms with Crippen LogP contribution in [0, 0.1) is 13.8 Å². The number of rotatable bonds is 7. The Morgan fingerprint density at radius 3 is 2.42 bits per heavy atom. The predicted molar refractivity (Wildman–Crippen MR) is 102 cm³/mol. The van der Waals surface area contributed by atoms with Crippen LogP contribution in [0.3, 0.4) is 0 Å². The highest BCUT2D eigenvalue weighted by Gasteiger charge is 2.24. The highest BCUT2D eigenvalue weighted by atomic mass is 16.2. The molecule has 1 aromatic heterocycles. The molecule has 1 aromatic carbocycles. The Hall–Kier alpha value is -2.63. The number of nitrogens with zero attached hydrogens (tertiary/aromatic N) is 3. The zero-order valence-electron chi connectivity index (χ0n) is 16.2. The molecule has 140 valence electrons. The van der Waals surface area contributed by atoms with Gasteiger partial charge in [0, 0.05) is 18.3 Å². The van der Waals surface area contributed by atoms with Crippen LogP contribution >= 0.6 is 0 Å². The number of likely N-dealkylation sites (N-methyl/N-ethyl adjacent to an activating group) is 1. The first kappa shape index (κ1) is 19.7. The number of benzene rings is 1. The Bertz CT molecular complexity index is 766. The maximum Gasteiger partial charge on any atom is 0.258 e. The van der Waals surface area contributed by atoms with Crippen LogP contribution in [-0.4, -0.2) is 45.6 Å². The van der Waals surface area contributed by atoms with Gasteiger partial charge in [-0.15, -0.1) is 0 Å². The molecule has 0 unspecified atom stereocenters. The van der Waals surface area contributed by atoms with Gasteiger partial charge in [-0.25, -0.2) is 0 Å². The first-order valence-electron chi connectivity index (χ1n) is 9.00. The molecule has 0 aliphatic rings. The molecular weight excluding hydrogens is 328 g/mol. The fourth-order valence-electron chi connectivity index (χ4n) is 2.94. The van der Waals surface area contributed by atoms with Crippen LogP contribution < -0.4 is 5.32 Å². The summed E-state index contributed by atoms with van der Waals surface area (Å²) in [4.78, 5) is 26.6. The summed E-state index contributed by atoms with van der Waals surface area (Å²) in [6.07, 6.45) is 0. The first-order chi connectivity index (χ1) is 12.3. The van der Waals surface area contributed by atoms with Crippen molar-refractivity contribution in [1.82, 2.24) is 20.0 Å².